The number of amides is 3. The highest BCUT2D eigenvalue weighted by Crippen LogP contribution is 2.52. The van der Waals surface area contributed by atoms with Crippen LogP contribution in [-0.2, 0) is 20.7 Å². The second-order valence-corrected chi connectivity index (χ2v) is 12.3. The maximum Gasteiger partial charge on any atom is 0.410 e. The van der Waals surface area contributed by atoms with Crippen LogP contribution in [-0.4, -0.2) is 75.3 Å². The normalized spacial score (nSPS) is 22.0. The number of hydrogen-bond acceptors (Lipinski definition) is 6. The number of ether oxygens (including phenoxy) is 1. The molecule has 2 fully saturated rings. The number of hydrogen-bond donors (Lipinski definition) is 2. The maximum absolute atomic E-state index is 14.4. The Kier molecular flexibility index (Phi) is 8.54. The first kappa shape index (κ1) is 29.0. The highest BCUT2D eigenvalue weighted by atomic mass is 32.2. The quantitative estimate of drug-likeness (QED) is 0.376. The molecule has 0 bridgehead atoms. The van der Waals surface area contributed by atoms with Crippen LogP contribution < -0.4 is 5.32 Å². The molecule has 0 aliphatic carbocycles. The molecule has 3 aliphatic rings. The van der Waals surface area contributed by atoms with E-state index in [1.165, 1.54) is 0 Å². The lowest BCUT2D eigenvalue weighted by Crippen LogP contribution is -2.80. The molecular weight excluding hydrogens is 562 g/mol. The molecule has 8 nitrogen and oxygen atoms in total. The SMILES string of the molecule is O=C(Cc1ccccc1)NC1(C(c2ccccc2)c2ccccc2)C(=O)N2C=C(COC(=O)N3CCC(O)CC3)CS[C@@H]21. The largest absolute Gasteiger partial charge is 0.445 e. The van der Waals surface area contributed by atoms with Crippen LogP contribution in [0.5, 0.6) is 0 Å². The predicted octanol–water partition coefficient (Wildman–Crippen LogP) is 4.31. The van der Waals surface area contributed by atoms with Crippen LogP contribution in [0.4, 0.5) is 4.79 Å². The molecule has 9 heteroatoms. The predicted molar refractivity (Wildman–Crippen MR) is 165 cm³/mol. The number of likely N-dealkylation sites (tertiary alicyclic amines) is 1. The first-order valence-electron chi connectivity index (χ1n) is 14.6. The standard InChI is InChI=1S/C34H35N3O5S/c38-28-16-18-36(19-17-28)33(41)42-22-25-21-37-31(40)34(32(37)43-23-25,35-29(39)20-24-10-4-1-5-11-24)30(26-12-6-2-7-13-26)27-14-8-3-9-15-27/h1-15,21,28,30,32,38H,16-20,22-23H2,(H,35,39)/t32-,34?/m1/s1. The van der Waals surface area contributed by atoms with Crippen LogP contribution in [0.1, 0.15) is 35.4 Å². The van der Waals surface area contributed by atoms with Crippen molar-refractivity contribution in [1.29, 1.82) is 0 Å². The lowest BCUT2D eigenvalue weighted by Gasteiger charge is -2.59. The van der Waals surface area contributed by atoms with Gasteiger partial charge in [0.25, 0.3) is 5.91 Å². The molecule has 1 unspecified atom stereocenters. The van der Waals surface area contributed by atoms with Gasteiger partial charge in [0.2, 0.25) is 5.91 Å². The van der Waals surface area contributed by atoms with E-state index in [2.05, 4.69) is 5.32 Å². The summed E-state index contributed by atoms with van der Waals surface area (Å²) < 4.78 is 5.58. The van der Waals surface area contributed by atoms with Gasteiger partial charge in [-0.2, -0.15) is 0 Å². The van der Waals surface area contributed by atoms with E-state index >= 15 is 0 Å². The van der Waals surface area contributed by atoms with E-state index in [0.717, 1.165) is 22.3 Å². The Labute approximate surface area is 255 Å². The number of fused-ring (bicyclic) bond motifs is 1. The summed E-state index contributed by atoms with van der Waals surface area (Å²) in [5.41, 5.74) is 2.36. The first-order valence-corrected chi connectivity index (χ1v) is 15.7. The molecule has 3 aromatic rings. The minimum Gasteiger partial charge on any atom is -0.445 e. The summed E-state index contributed by atoms with van der Waals surface area (Å²) in [7, 11) is 0. The van der Waals surface area contributed by atoms with Gasteiger partial charge in [0.05, 0.1) is 12.5 Å². The summed E-state index contributed by atoms with van der Waals surface area (Å²) in [4.78, 5) is 43.9. The number of nitrogens with one attached hydrogen (secondary N) is 1. The highest BCUT2D eigenvalue weighted by molar-refractivity contribution is 8.00. The molecule has 3 heterocycles. The molecule has 43 heavy (non-hydrogen) atoms. The van der Waals surface area contributed by atoms with Crippen LogP contribution in [0, 0.1) is 0 Å². The second kappa shape index (κ2) is 12.7. The number of aliphatic hydroxyl groups excluding tert-OH is 1. The Morgan fingerprint density at radius 3 is 2.12 bits per heavy atom. The summed E-state index contributed by atoms with van der Waals surface area (Å²) in [6.07, 6.45) is 2.24. The minimum absolute atomic E-state index is 0.0789. The topological polar surface area (TPSA) is 99.2 Å². The molecule has 0 saturated carbocycles. The number of nitrogens with zero attached hydrogens (tertiary/aromatic N) is 2. The van der Waals surface area contributed by atoms with Crippen LogP contribution in [0.25, 0.3) is 0 Å². The number of benzene rings is 3. The molecule has 222 valence electrons. The van der Waals surface area contributed by atoms with Crippen molar-refractivity contribution >= 4 is 29.7 Å². The lowest BCUT2D eigenvalue weighted by molar-refractivity contribution is -0.155. The van der Waals surface area contributed by atoms with Gasteiger partial charge in [0.1, 0.15) is 12.0 Å². The number of carbonyl (C=O) groups excluding carboxylic acids is 3. The third kappa shape index (κ3) is 5.92. The van der Waals surface area contributed by atoms with Crippen molar-refractivity contribution < 1.29 is 24.2 Å². The molecular formula is C34H35N3O5S. The number of carbonyl (C=O) groups is 3. The van der Waals surface area contributed by atoms with Crippen LogP contribution in [0.2, 0.25) is 0 Å². The van der Waals surface area contributed by atoms with Gasteiger partial charge < -0.3 is 25.0 Å². The summed E-state index contributed by atoms with van der Waals surface area (Å²) in [6.45, 7) is 1.01. The van der Waals surface area contributed by atoms with E-state index in [-0.39, 0.29) is 36.3 Å². The van der Waals surface area contributed by atoms with E-state index in [9.17, 15) is 19.5 Å². The number of piperidine rings is 1. The Bertz CT molecular complexity index is 1440. The third-order valence-corrected chi connectivity index (χ3v) is 9.81. The monoisotopic (exact) mass is 597 g/mol. The fourth-order valence-corrected chi connectivity index (χ4v) is 7.63. The lowest BCUT2D eigenvalue weighted by atomic mass is 9.69. The van der Waals surface area contributed by atoms with E-state index in [1.807, 2.05) is 91.0 Å². The van der Waals surface area contributed by atoms with Gasteiger partial charge in [-0.1, -0.05) is 91.0 Å². The van der Waals surface area contributed by atoms with Gasteiger partial charge >= 0.3 is 6.09 Å². The minimum atomic E-state index is -1.22. The van der Waals surface area contributed by atoms with Crippen LogP contribution in [0.15, 0.2) is 103 Å². The van der Waals surface area contributed by atoms with Crippen molar-refractivity contribution in [1.82, 2.24) is 15.1 Å². The molecule has 0 radical (unpaired) electrons. The number of β-lactam (4-membered cyclic amide) rings is 1. The molecule has 3 aromatic carbocycles. The molecule has 6 rings (SSSR count). The average molecular weight is 598 g/mol. The summed E-state index contributed by atoms with van der Waals surface area (Å²) in [5.74, 6) is -0.282. The van der Waals surface area contributed by atoms with E-state index in [1.54, 1.807) is 27.8 Å². The Hall–Kier alpha value is -4.08. The third-order valence-electron chi connectivity index (χ3n) is 8.36. The Morgan fingerprint density at radius 2 is 1.51 bits per heavy atom. The van der Waals surface area contributed by atoms with Crippen molar-refractivity contribution in [2.45, 2.75) is 42.2 Å². The maximum atomic E-state index is 14.4. The smallest absolute Gasteiger partial charge is 0.410 e. The molecule has 2 atom stereocenters. The number of rotatable bonds is 8. The zero-order valence-electron chi connectivity index (χ0n) is 23.8. The van der Waals surface area contributed by atoms with E-state index in [0.29, 0.717) is 31.7 Å². The van der Waals surface area contributed by atoms with Gasteiger partial charge in [-0.15, -0.1) is 11.8 Å². The number of thioether (sulfide) groups is 1. The van der Waals surface area contributed by atoms with Gasteiger partial charge in [-0.25, -0.2) is 4.79 Å². The molecule has 0 spiro atoms. The van der Waals surface area contributed by atoms with Crippen molar-refractivity contribution in [3.63, 3.8) is 0 Å². The van der Waals surface area contributed by atoms with Crippen LogP contribution >= 0.6 is 11.8 Å². The first-order chi connectivity index (χ1) is 21.0. The average Bonchev–Trinajstić information content (AvgIpc) is 3.04. The fourth-order valence-electron chi connectivity index (χ4n) is 6.23. The van der Waals surface area contributed by atoms with Crippen molar-refractivity contribution in [2.75, 3.05) is 25.4 Å². The second-order valence-electron chi connectivity index (χ2n) is 11.3. The summed E-state index contributed by atoms with van der Waals surface area (Å²) >= 11 is 1.57. The Balaban J connectivity index is 1.28. The molecule has 2 N–H and O–H groups in total. The number of aliphatic hydroxyl groups is 1. The molecule has 2 saturated heterocycles. The van der Waals surface area contributed by atoms with E-state index in [4.69, 9.17) is 4.74 Å². The van der Waals surface area contributed by atoms with Crippen LogP contribution in [0.3, 0.4) is 0 Å². The summed E-state index contributed by atoms with van der Waals surface area (Å²) in [6, 6.07) is 29.2. The van der Waals surface area contributed by atoms with Crippen molar-refractivity contribution in [3.8, 4) is 0 Å². The van der Waals surface area contributed by atoms with Gasteiger partial charge in [-0.05, 0) is 35.1 Å². The Morgan fingerprint density at radius 1 is 0.930 bits per heavy atom. The van der Waals surface area contributed by atoms with Gasteiger partial charge in [-0.3, -0.25) is 9.59 Å². The van der Waals surface area contributed by atoms with E-state index < -0.39 is 17.6 Å². The molecule has 3 amide bonds. The zero-order valence-corrected chi connectivity index (χ0v) is 24.6. The van der Waals surface area contributed by atoms with Gasteiger partial charge in [0, 0.05) is 31.0 Å². The summed E-state index contributed by atoms with van der Waals surface area (Å²) in [5, 5.41) is 12.6. The van der Waals surface area contributed by atoms with Gasteiger partial charge in [0.15, 0.2) is 5.54 Å². The fraction of sp³-hybridized carbons (Fsp3) is 0.324. The van der Waals surface area contributed by atoms with Crippen molar-refractivity contribution in [2.24, 2.45) is 0 Å². The zero-order chi connectivity index (χ0) is 29.8. The highest BCUT2D eigenvalue weighted by Gasteiger charge is 2.66. The van der Waals surface area contributed by atoms with Crippen molar-refractivity contribution in [3.05, 3.63) is 119 Å². The molecule has 3 aliphatic heterocycles. The molecule has 0 aromatic heterocycles.